The van der Waals surface area contributed by atoms with Gasteiger partial charge in [-0.1, -0.05) is 40.0 Å². The third kappa shape index (κ3) is 2.47. The van der Waals surface area contributed by atoms with Crippen molar-refractivity contribution in [3.05, 3.63) is 0 Å². The van der Waals surface area contributed by atoms with Gasteiger partial charge < -0.3 is 5.32 Å². The highest BCUT2D eigenvalue weighted by atomic mass is 16.2. The first-order valence-electron chi connectivity index (χ1n) is 8.57. The molecule has 2 unspecified atom stereocenters. The predicted molar refractivity (Wildman–Crippen MR) is 85.2 cm³/mol. The number of fused-ring (bicyclic) bond motifs is 2. The third-order valence-corrected chi connectivity index (χ3v) is 6.75. The quantitative estimate of drug-likeness (QED) is 0.747. The van der Waals surface area contributed by atoms with E-state index in [0.29, 0.717) is 11.5 Å². The van der Waals surface area contributed by atoms with Gasteiger partial charge in [0.1, 0.15) is 0 Å². The highest BCUT2D eigenvalue weighted by Gasteiger charge is 2.60. The number of carbonyl (C=O) groups is 1. The zero-order valence-corrected chi connectivity index (χ0v) is 13.7. The predicted octanol–water partition coefficient (Wildman–Crippen LogP) is 3.82. The van der Waals surface area contributed by atoms with E-state index in [-0.39, 0.29) is 11.4 Å². The molecule has 21 heavy (non-hydrogen) atoms. The Morgan fingerprint density at radius 3 is 2.43 bits per heavy atom. The molecular formula is C17H29N3O. The van der Waals surface area contributed by atoms with Crippen LogP contribution in [0.3, 0.4) is 0 Å². The summed E-state index contributed by atoms with van der Waals surface area (Å²) >= 11 is 0. The molecule has 3 rings (SSSR count). The van der Waals surface area contributed by atoms with Crippen LogP contribution in [0.2, 0.25) is 0 Å². The van der Waals surface area contributed by atoms with Gasteiger partial charge in [-0.25, -0.2) is 10.2 Å². The lowest BCUT2D eigenvalue weighted by atomic mass is 9.70. The van der Waals surface area contributed by atoms with Crippen molar-refractivity contribution < 1.29 is 4.79 Å². The molecule has 0 spiro atoms. The standard InChI is InChI=1S/C17H29N3O/c1-16(2)12-9-10-17(16,3)14(11-12)19-20-15(21)18-13-7-5-4-6-8-13/h12-13H,4-11H2,1-3H3,(H2,18,20,21). The normalized spacial score (nSPS) is 36.9. The van der Waals surface area contributed by atoms with Crippen LogP contribution >= 0.6 is 0 Å². The fourth-order valence-electron chi connectivity index (χ4n) is 4.68. The summed E-state index contributed by atoms with van der Waals surface area (Å²) in [5, 5.41) is 7.56. The summed E-state index contributed by atoms with van der Waals surface area (Å²) in [6, 6.07) is 0.213. The zero-order valence-electron chi connectivity index (χ0n) is 13.7. The molecule has 0 radical (unpaired) electrons. The number of carbonyl (C=O) groups excluding carboxylic acids is 1. The fraction of sp³-hybridized carbons (Fsp3) is 0.882. The Labute approximate surface area is 128 Å². The Morgan fingerprint density at radius 2 is 1.86 bits per heavy atom. The number of hydrogen-bond donors (Lipinski definition) is 2. The maximum atomic E-state index is 12.0. The molecule has 0 saturated heterocycles. The summed E-state index contributed by atoms with van der Waals surface area (Å²) in [6.45, 7) is 7.03. The van der Waals surface area contributed by atoms with Crippen LogP contribution in [0.25, 0.3) is 0 Å². The van der Waals surface area contributed by atoms with E-state index in [1.165, 1.54) is 37.8 Å². The molecule has 3 aliphatic rings. The monoisotopic (exact) mass is 291 g/mol. The number of hydrogen-bond acceptors (Lipinski definition) is 2. The topological polar surface area (TPSA) is 53.5 Å². The molecule has 0 heterocycles. The summed E-state index contributed by atoms with van der Waals surface area (Å²) in [6.07, 6.45) is 9.53. The third-order valence-electron chi connectivity index (χ3n) is 6.75. The van der Waals surface area contributed by atoms with Crippen LogP contribution in [0.5, 0.6) is 0 Å². The van der Waals surface area contributed by atoms with E-state index >= 15 is 0 Å². The van der Waals surface area contributed by atoms with Crippen molar-refractivity contribution in [3.8, 4) is 0 Å². The molecule has 2 bridgehead atoms. The number of urea groups is 1. The molecule has 118 valence electrons. The molecule has 0 aliphatic heterocycles. The van der Waals surface area contributed by atoms with Crippen LogP contribution in [-0.2, 0) is 0 Å². The summed E-state index contributed by atoms with van der Waals surface area (Å²) < 4.78 is 0. The zero-order chi connectivity index (χ0) is 15.1. The Balaban J connectivity index is 1.58. The molecule has 4 heteroatoms. The molecule has 0 aromatic rings. The smallest absolute Gasteiger partial charge is 0.334 e. The van der Waals surface area contributed by atoms with Gasteiger partial charge in [-0.2, -0.15) is 5.10 Å². The lowest BCUT2D eigenvalue weighted by Gasteiger charge is -2.34. The lowest BCUT2D eigenvalue weighted by molar-refractivity contribution is 0.193. The molecule has 3 aliphatic carbocycles. The van der Waals surface area contributed by atoms with Crippen molar-refractivity contribution in [3.63, 3.8) is 0 Å². The number of amides is 2. The molecule has 3 fully saturated rings. The second kappa shape index (κ2) is 5.29. The molecule has 0 aromatic heterocycles. The Kier molecular flexibility index (Phi) is 3.74. The average molecular weight is 291 g/mol. The average Bonchev–Trinajstić information content (AvgIpc) is 2.79. The summed E-state index contributed by atoms with van der Waals surface area (Å²) in [7, 11) is 0. The van der Waals surface area contributed by atoms with E-state index in [2.05, 4.69) is 36.6 Å². The van der Waals surface area contributed by atoms with Crippen LogP contribution in [0.4, 0.5) is 4.79 Å². The Hall–Kier alpha value is -1.06. The first-order valence-corrected chi connectivity index (χ1v) is 8.57. The Morgan fingerprint density at radius 1 is 1.14 bits per heavy atom. The fourth-order valence-corrected chi connectivity index (χ4v) is 4.68. The minimum Gasteiger partial charge on any atom is -0.334 e. The minimum absolute atomic E-state index is 0.126. The van der Waals surface area contributed by atoms with Gasteiger partial charge in [0.2, 0.25) is 0 Å². The number of rotatable bonds is 2. The maximum absolute atomic E-state index is 12.0. The van der Waals surface area contributed by atoms with Crippen molar-refractivity contribution in [1.29, 1.82) is 0 Å². The van der Waals surface area contributed by atoms with E-state index in [0.717, 1.165) is 25.2 Å². The van der Waals surface area contributed by atoms with E-state index in [1.54, 1.807) is 0 Å². The minimum atomic E-state index is -0.126. The van der Waals surface area contributed by atoms with Gasteiger partial charge in [0.15, 0.2) is 0 Å². The summed E-state index contributed by atoms with van der Waals surface area (Å²) in [4.78, 5) is 12.0. The molecule has 2 amide bonds. The van der Waals surface area contributed by atoms with Gasteiger partial charge in [0.25, 0.3) is 0 Å². The highest BCUT2D eigenvalue weighted by molar-refractivity contribution is 5.95. The van der Waals surface area contributed by atoms with E-state index < -0.39 is 0 Å². The van der Waals surface area contributed by atoms with E-state index in [4.69, 9.17) is 0 Å². The van der Waals surface area contributed by atoms with Gasteiger partial charge >= 0.3 is 6.03 Å². The van der Waals surface area contributed by atoms with Crippen LogP contribution in [0.15, 0.2) is 5.10 Å². The van der Waals surface area contributed by atoms with Crippen LogP contribution in [0.1, 0.15) is 72.1 Å². The van der Waals surface area contributed by atoms with E-state index in [9.17, 15) is 4.79 Å². The molecule has 3 saturated carbocycles. The first kappa shape index (κ1) is 14.9. The van der Waals surface area contributed by atoms with Crippen LogP contribution in [-0.4, -0.2) is 17.8 Å². The van der Waals surface area contributed by atoms with Crippen molar-refractivity contribution in [2.24, 2.45) is 21.8 Å². The lowest BCUT2D eigenvalue weighted by Crippen LogP contribution is -2.42. The first-order chi connectivity index (χ1) is 9.93. The Bertz CT molecular complexity index is 451. The van der Waals surface area contributed by atoms with Crippen molar-refractivity contribution in [2.45, 2.75) is 78.2 Å². The van der Waals surface area contributed by atoms with Gasteiger partial charge in [0.05, 0.1) is 0 Å². The van der Waals surface area contributed by atoms with Gasteiger partial charge in [0, 0.05) is 17.2 Å². The van der Waals surface area contributed by atoms with Gasteiger partial charge in [-0.3, -0.25) is 0 Å². The SMILES string of the molecule is CC12CCC(CC1=NNC(=O)NC1CCCCC1)C2(C)C. The molecule has 4 nitrogen and oxygen atoms in total. The molecule has 0 aromatic carbocycles. The van der Waals surface area contributed by atoms with E-state index in [1.807, 2.05) is 0 Å². The number of nitrogens with zero attached hydrogens (tertiary/aromatic N) is 1. The largest absolute Gasteiger partial charge is 0.335 e. The van der Waals surface area contributed by atoms with Crippen molar-refractivity contribution >= 4 is 11.7 Å². The van der Waals surface area contributed by atoms with Crippen LogP contribution in [0, 0.1) is 16.7 Å². The molecular weight excluding hydrogens is 262 g/mol. The maximum Gasteiger partial charge on any atom is 0.335 e. The highest BCUT2D eigenvalue weighted by Crippen LogP contribution is 2.63. The van der Waals surface area contributed by atoms with Crippen LogP contribution < -0.4 is 10.7 Å². The second-order valence-corrected chi connectivity index (χ2v) is 7.97. The summed E-state index contributed by atoms with van der Waals surface area (Å²) in [5.74, 6) is 0.726. The number of hydrazone groups is 1. The molecule has 2 atom stereocenters. The van der Waals surface area contributed by atoms with Crippen molar-refractivity contribution in [2.75, 3.05) is 0 Å². The summed E-state index contributed by atoms with van der Waals surface area (Å²) in [5.41, 5.74) is 4.43. The number of nitrogens with one attached hydrogen (secondary N) is 2. The van der Waals surface area contributed by atoms with Gasteiger partial charge in [-0.15, -0.1) is 0 Å². The second-order valence-electron chi connectivity index (χ2n) is 7.97. The molecule has 2 N–H and O–H groups in total. The van der Waals surface area contributed by atoms with Crippen molar-refractivity contribution in [1.82, 2.24) is 10.7 Å². The van der Waals surface area contributed by atoms with Gasteiger partial charge in [-0.05, 0) is 43.4 Å².